The summed E-state index contributed by atoms with van der Waals surface area (Å²) in [5.41, 5.74) is 4.08. The first-order chi connectivity index (χ1) is 14.3. The second-order valence-electron chi connectivity index (χ2n) is 9.44. The Morgan fingerprint density at radius 3 is 2.70 bits per heavy atom. The standard InChI is InChI=1S/C25H31NO4/c1-15-8-5-6-10-18(15)22-21(24(28)30-14-17-9-7-11-29-17)16(2)26-19-12-25(3,4)13-20(27)23(19)22/h5-6,8,10,12,17,22-23,26H,7,9,11,13-14H2,1-4H3. The van der Waals surface area contributed by atoms with Gasteiger partial charge in [-0.05, 0) is 43.2 Å². The average molecular weight is 410 g/mol. The molecule has 0 saturated carbocycles. The van der Waals surface area contributed by atoms with E-state index in [1.54, 1.807) is 0 Å². The molecule has 0 spiro atoms. The second-order valence-corrected chi connectivity index (χ2v) is 9.44. The fraction of sp³-hybridized carbons (Fsp3) is 0.520. The maximum absolute atomic E-state index is 13.3. The number of hydrogen-bond donors (Lipinski definition) is 1. The molecule has 30 heavy (non-hydrogen) atoms. The van der Waals surface area contributed by atoms with E-state index < -0.39 is 5.92 Å². The molecular weight excluding hydrogens is 378 g/mol. The first-order valence-corrected chi connectivity index (χ1v) is 10.8. The quantitative estimate of drug-likeness (QED) is 0.756. The Hall–Kier alpha value is -2.40. The molecule has 5 nitrogen and oxygen atoms in total. The molecule has 2 aliphatic heterocycles. The van der Waals surface area contributed by atoms with Crippen LogP contribution in [0.2, 0.25) is 0 Å². The van der Waals surface area contributed by atoms with Gasteiger partial charge in [-0.15, -0.1) is 0 Å². The number of Topliss-reactive ketones (excluding diaryl/α,β-unsaturated/α-hetero) is 1. The summed E-state index contributed by atoms with van der Waals surface area (Å²) in [4.78, 5) is 26.6. The predicted octanol–water partition coefficient (Wildman–Crippen LogP) is 4.18. The molecule has 0 bridgehead atoms. The van der Waals surface area contributed by atoms with Gasteiger partial charge >= 0.3 is 5.97 Å². The largest absolute Gasteiger partial charge is 0.460 e. The number of carbonyl (C=O) groups excluding carboxylic acids is 2. The number of ether oxygens (including phenoxy) is 2. The molecule has 1 aromatic rings. The molecule has 3 atom stereocenters. The number of carbonyl (C=O) groups is 2. The van der Waals surface area contributed by atoms with E-state index in [-0.39, 0.29) is 35.8 Å². The number of aryl methyl sites for hydroxylation is 1. The van der Waals surface area contributed by atoms with Gasteiger partial charge in [0.05, 0.1) is 17.6 Å². The van der Waals surface area contributed by atoms with E-state index in [0.29, 0.717) is 12.0 Å². The number of esters is 1. The van der Waals surface area contributed by atoms with Crippen molar-refractivity contribution in [1.29, 1.82) is 0 Å². The van der Waals surface area contributed by atoms with Crippen molar-refractivity contribution < 1.29 is 19.1 Å². The molecule has 1 saturated heterocycles. The van der Waals surface area contributed by atoms with E-state index in [1.165, 1.54) is 0 Å². The van der Waals surface area contributed by atoms with Gasteiger partial charge in [0, 0.05) is 30.3 Å². The van der Waals surface area contributed by atoms with Gasteiger partial charge in [-0.25, -0.2) is 4.79 Å². The monoisotopic (exact) mass is 409 g/mol. The van der Waals surface area contributed by atoms with E-state index in [4.69, 9.17) is 9.47 Å². The van der Waals surface area contributed by atoms with Crippen LogP contribution in [0, 0.1) is 18.3 Å². The molecule has 2 heterocycles. The maximum Gasteiger partial charge on any atom is 0.336 e. The van der Waals surface area contributed by atoms with Gasteiger partial charge in [0.1, 0.15) is 12.4 Å². The first-order valence-electron chi connectivity index (χ1n) is 10.8. The molecule has 4 rings (SSSR count). The maximum atomic E-state index is 13.3. The Morgan fingerprint density at radius 2 is 2.00 bits per heavy atom. The molecule has 1 N–H and O–H groups in total. The summed E-state index contributed by atoms with van der Waals surface area (Å²) in [6, 6.07) is 8.00. The Kier molecular flexibility index (Phi) is 5.58. The van der Waals surface area contributed by atoms with Gasteiger partial charge in [-0.2, -0.15) is 0 Å². The fourth-order valence-electron chi connectivity index (χ4n) is 5.03. The van der Waals surface area contributed by atoms with Crippen LogP contribution in [0.25, 0.3) is 0 Å². The lowest BCUT2D eigenvalue weighted by Gasteiger charge is -2.41. The van der Waals surface area contributed by atoms with Gasteiger partial charge in [0.25, 0.3) is 0 Å². The van der Waals surface area contributed by atoms with Crippen molar-refractivity contribution in [2.75, 3.05) is 13.2 Å². The van der Waals surface area contributed by atoms with Crippen molar-refractivity contribution in [1.82, 2.24) is 5.32 Å². The highest BCUT2D eigenvalue weighted by molar-refractivity contribution is 5.96. The minimum atomic E-state index is -0.395. The van der Waals surface area contributed by atoms with Crippen molar-refractivity contribution in [2.24, 2.45) is 11.3 Å². The third-order valence-electron chi connectivity index (χ3n) is 6.41. The Labute approximate surface area is 178 Å². The molecule has 0 amide bonds. The topological polar surface area (TPSA) is 64.6 Å². The second kappa shape index (κ2) is 8.03. The first kappa shape index (κ1) is 20.9. The molecule has 1 fully saturated rings. The summed E-state index contributed by atoms with van der Waals surface area (Å²) >= 11 is 0. The minimum Gasteiger partial charge on any atom is -0.460 e. The minimum absolute atomic E-state index is 0.0316. The number of allylic oxidation sites excluding steroid dienone is 3. The summed E-state index contributed by atoms with van der Waals surface area (Å²) in [5.74, 6) is -0.942. The molecular formula is C25H31NO4. The lowest BCUT2D eigenvalue weighted by atomic mass is 9.66. The third kappa shape index (κ3) is 3.95. The van der Waals surface area contributed by atoms with E-state index in [2.05, 4.69) is 25.2 Å². The Balaban J connectivity index is 1.75. The third-order valence-corrected chi connectivity index (χ3v) is 6.41. The van der Waals surface area contributed by atoms with Crippen molar-refractivity contribution in [3.05, 3.63) is 58.4 Å². The van der Waals surface area contributed by atoms with Crippen LogP contribution in [0.5, 0.6) is 0 Å². The average Bonchev–Trinajstić information content (AvgIpc) is 3.18. The van der Waals surface area contributed by atoms with Crippen molar-refractivity contribution >= 4 is 11.8 Å². The molecule has 160 valence electrons. The van der Waals surface area contributed by atoms with Crippen LogP contribution in [0.1, 0.15) is 57.1 Å². The number of nitrogens with one attached hydrogen (secondary N) is 1. The number of hydrogen-bond acceptors (Lipinski definition) is 5. The molecule has 1 aromatic carbocycles. The molecule has 1 aliphatic carbocycles. The van der Waals surface area contributed by atoms with Gasteiger partial charge in [0.15, 0.2) is 0 Å². The van der Waals surface area contributed by atoms with Crippen LogP contribution >= 0.6 is 0 Å². The summed E-state index contributed by atoms with van der Waals surface area (Å²) in [7, 11) is 0. The van der Waals surface area contributed by atoms with E-state index in [0.717, 1.165) is 42.0 Å². The number of benzene rings is 1. The zero-order valence-electron chi connectivity index (χ0n) is 18.3. The van der Waals surface area contributed by atoms with E-state index in [9.17, 15) is 9.59 Å². The summed E-state index contributed by atoms with van der Waals surface area (Å²) in [6.45, 7) is 9.05. The molecule has 3 unspecified atom stereocenters. The van der Waals surface area contributed by atoms with Crippen molar-refractivity contribution in [2.45, 2.75) is 59.0 Å². The van der Waals surface area contributed by atoms with E-state index >= 15 is 0 Å². The SMILES string of the molecule is CC1=C(C(=O)OCC2CCCO2)C(c2ccccc2C)C2C(=O)CC(C)(C)C=C2N1. The number of ketones is 1. The van der Waals surface area contributed by atoms with Crippen molar-refractivity contribution in [3.63, 3.8) is 0 Å². The normalized spacial score (nSPS) is 27.9. The van der Waals surface area contributed by atoms with Crippen LogP contribution in [-0.2, 0) is 19.1 Å². The molecule has 3 aliphatic rings. The lowest BCUT2D eigenvalue weighted by Crippen LogP contribution is -2.44. The fourth-order valence-corrected chi connectivity index (χ4v) is 5.03. The number of fused-ring (bicyclic) bond motifs is 1. The summed E-state index contributed by atoms with van der Waals surface area (Å²) < 4.78 is 11.3. The van der Waals surface area contributed by atoms with Gasteiger partial charge < -0.3 is 14.8 Å². The molecule has 5 heteroatoms. The van der Waals surface area contributed by atoms with E-state index in [1.807, 2.05) is 38.1 Å². The van der Waals surface area contributed by atoms with Crippen LogP contribution < -0.4 is 5.32 Å². The highest BCUT2D eigenvalue weighted by Crippen LogP contribution is 2.47. The molecule has 0 radical (unpaired) electrons. The highest BCUT2D eigenvalue weighted by atomic mass is 16.6. The van der Waals surface area contributed by atoms with Gasteiger partial charge in [-0.3, -0.25) is 4.79 Å². The zero-order chi connectivity index (χ0) is 21.5. The molecule has 0 aromatic heterocycles. The Bertz CT molecular complexity index is 921. The van der Waals surface area contributed by atoms with Gasteiger partial charge in [-0.1, -0.05) is 44.2 Å². The predicted molar refractivity (Wildman–Crippen MR) is 115 cm³/mol. The van der Waals surface area contributed by atoms with Crippen molar-refractivity contribution in [3.8, 4) is 0 Å². The zero-order valence-corrected chi connectivity index (χ0v) is 18.3. The van der Waals surface area contributed by atoms with Crippen LogP contribution in [0.3, 0.4) is 0 Å². The number of rotatable bonds is 4. The Morgan fingerprint density at radius 1 is 1.23 bits per heavy atom. The van der Waals surface area contributed by atoms with Crippen LogP contribution in [0.4, 0.5) is 0 Å². The van der Waals surface area contributed by atoms with Gasteiger partial charge in [0.2, 0.25) is 0 Å². The summed E-state index contributed by atoms with van der Waals surface area (Å²) in [6.07, 6.45) is 4.49. The lowest BCUT2D eigenvalue weighted by molar-refractivity contribution is -0.143. The smallest absolute Gasteiger partial charge is 0.336 e. The summed E-state index contributed by atoms with van der Waals surface area (Å²) in [5, 5.41) is 3.37. The van der Waals surface area contributed by atoms with Crippen LogP contribution in [-0.4, -0.2) is 31.1 Å². The van der Waals surface area contributed by atoms with Crippen LogP contribution in [0.15, 0.2) is 47.3 Å². The highest BCUT2D eigenvalue weighted by Gasteiger charge is 2.46.